The number of nitrogens with zero attached hydrogens (tertiary/aromatic N) is 3. The van der Waals surface area contributed by atoms with Crippen LogP contribution >= 0.6 is 0 Å². The number of anilines is 9. The van der Waals surface area contributed by atoms with Crippen molar-refractivity contribution in [2.75, 3.05) is 14.7 Å². The molecule has 3 heteroatoms. The third kappa shape index (κ3) is 23.4. The molecule has 3 nitrogen and oxygen atoms in total. The molecule has 0 fully saturated rings. The smallest absolute Gasteiger partial charge is 0.0468 e. The van der Waals surface area contributed by atoms with Crippen molar-refractivity contribution in [2.24, 2.45) is 0 Å². The van der Waals surface area contributed by atoms with E-state index >= 15 is 0 Å². The van der Waals surface area contributed by atoms with Crippen molar-refractivity contribution < 1.29 is 0 Å². The van der Waals surface area contributed by atoms with E-state index in [2.05, 4.69) is 631 Å². The number of hydrogen-bond acceptors (Lipinski definition) is 3. The van der Waals surface area contributed by atoms with Crippen molar-refractivity contribution in [1.82, 2.24) is 0 Å². The van der Waals surface area contributed by atoms with Crippen LogP contribution in [0.1, 0.15) is 139 Å². The predicted molar refractivity (Wildman–Crippen MR) is 644 cm³/mol. The lowest BCUT2D eigenvalue weighted by Crippen LogP contribution is -2.16. The second-order valence-corrected chi connectivity index (χ2v) is 38.9. The van der Waals surface area contributed by atoms with Gasteiger partial charge in [0.25, 0.3) is 0 Å². The minimum absolute atomic E-state index is 0.147. The first-order valence-corrected chi connectivity index (χ1v) is 51.4. The number of rotatable bonds is 26. The van der Waals surface area contributed by atoms with Crippen LogP contribution in [0.3, 0.4) is 0 Å². The Morgan fingerprint density at radius 1 is 0.128 bits per heavy atom. The molecule has 0 saturated heterocycles. The van der Waals surface area contributed by atoms with Gasteiger partial charge in [0, 0.05) is 62.0 Å². The molecule has 0 bridgehead atoms. The van der Waals surface area contributed by atoms with Crippen LogP contribution in [0.5, 0.6) is 0 Å². The van der Waals surface area contributed by atoms with E-state index in [4.69, 9.17) is 0 Å². The molecule has 0 atom stereocenters. The van der Waals surface area contributed by atoms with Crippen LogP contribution in [0.2, 0.25) is 0 Å². The molecule has 0 spiro atoms. The first-order valence-electron chi connectivity index (χ1n) is 51.4. The Bertz CT molecular complexity index is 8220. The van der Waals surface area contributed by atoms with Crippen molar-refractivity contribution >= 4 is 159 Å². The fraction of sp³-hybridized carbons (Fsp3) is 0.0411. The minimum atomic E-state index is -0.152. The van der Waals surface area contributed by atoms with Crippen molar-refractivity contribution in [3.05, 3.63) is 639 Å². The summed E-state index contributed by atoms with van der Waals surface area (Å²) in [4.78, 5) is 7.09. The van der Waals surface area contributed by atoms with Crippen LogP contribution in [0.25, 0.3) is 141 Å². The Kier molecular flexibility index (Phi) is 29.4. The van der Waals surface area contributed by atoms with E-state index in [1.807, 2.05) is 36.4 Å². The summed E-state index contributed by atoms with van der Waals surface area (Å²) >= 11 is 0. The second-order valence-electron chi connectivity index (χ2n) is 38.9. The van der Waals surface area contributed by atoms with Gasteiger partial charge in [0.05, 0.1) is 0 Å². The average Bonchev–Trinajstić information content (AvgIpc) is 1.58. The topological polar surface area (TPSA) is 9.72 Å². The summed E-state index contributed by atoms with van der Waals surface area (Å²) in [5.41, 5.74) is 41.9. The third-order valence-corrected chi connectivity index (χ3v) is 28.1. The molecule has 21 aromatic rings. The maximum atomic E-state index is 2.41. The molecule has 23 rings (SSSR count). The minimum Gasteiger partial charge on any atom is -0.310 e. The SMILES string of the molecule is C(=C\c1ccc(N(c2ccc(/C=C/c3ccccc3)cc2)c2ccc3cc(/C=C/c4ccccc4)ccc3c2)cc1)/c1ccccc1.CC1(C)c2cc(/C=C/c3ccccc3)ccc2-c2ccc(N(c3ccc(/C=C/c4ccccc4)cc3)c3ccc(-c4ccccc4)cc3)cc21.CC1(C)c2cc(/C=C/c3ccccc3)ccc2-c2ccc(N(c3ccc(/C=C/c4ccccc4)cc3)c3ccc(/C=C/c4ccccc4)cc3)cc21. The Balaban J connectivity index is 0.000000131. The largest absolute Gasteiger partial charge is 0.310 e. The summed E-state index contributed by atoms with van der Waals surface area (Å²) in [7, 11) is 0. The molecule has 0 N–H and O–H groups in total. The summed E-state index contributed by atoms with van der Waals surface area (Å²) < 4.78 is 0. The fourth-order valence-electron chi connectivity index (χ4n) is 20.0. The van der Waals surface area contributed by atoms with Crippen molar-refractivity contribution in [3.63, 3.8) is 0 Å². The first kappa shape index (κ1) is 96.3. The monoisotopic (exact) mass is 1910 g/mol. The molecule has 0 aliphatic heterocycles. The lowest BCUT2D eigenvalue weighted by Gasteiger charge is -2.28. The summed E-state index contributed by atoms with van der Waals surface area (Å²) in [6.07, 6.45) is 34.8. The van der Waals surface area contributed by atoms with Gasteiger partial charge in [0.1, 0.15) is 0 Å². The highest BCUT2D eigenvalue weighted by Crippen LogP contribution is 2.54. The highest BCUT2D eigenvalue weighted by Gasteiger charge is 2.38. The van der Waals surface area contributed by atoms with Crippen LogP contribution < -0.4 is 14.7 Å². The molecule has 149 heavy (non-hydrogen) atoms. The summed E-state index contributed by atoms with van der Waals surface area (Å²) in [5, 5.41) is 2.42. The molecule has 0 amide bonds. The first-order chi connectivity index (χ1) is 73.3. The van der Waals surface area contributed by atoms with Gasteiger partial charge in [-0.1, -0.05) is 537 Å². The molecule has 0 heterocycles. The van der Waals surface area contributed by atoms with Crippen LogP contribution in [-0.4, -0.2) is 0 Å². The van der Waals surface area contributed by atoms with Gasteiger partial charge in [0.15, 0.2) is 0 Å². The van der Waals surface area contributed by atoms with Crippen LogP contribution in [0, 0.1) is 0 Å². The van der Waals surface area contributed by atoms with Gasteiger partial charge in [-0.2, -0.15) is 0 Å². The van der Waals surface area contributed by atoms with E-state index in [1.165, 1.54) is 133 Å². The maximum Gasteiger partial charge on any atom is 0.0468 e. The normalized spacial score (nSPS) is 12.6. The van der Waals surface area contributed by atoms with Crippen molar-refractivity contribution in [1.29, 1.82) is 0 Å². The Hall–Kier alpha value is -18.8. The van der Waals surface area contributed by atoms with Gasteiger partial charge in [-0.25, -0.2) is 0 Å². The van der Waals surface area contributed by atoms with Crippen LogP contribution in [0.4, 0.5) is 51.2 Å². The van der Waals surface area contributed by atoms with E-state index in [9.17, 15) is 0 Å². The molecular weight excluding hydrogens is 1800 g/mol. The van der Waals surface area contributed by atoms with Gasteiger partial charge in [0.2, 0.25) is 0 Å². The Labute approximate surface area is 878 Å². The van der Waals surface area contributed by atoms with Crippen molar-refractivity contribution in [3.8, 4) is 33.4 Å². The number of benzene rings is 21. The Morgan fingerprint density at radius 3 is 0.550 bits per heavy atom. The van der Waals surface area contributed by atoms with E-state index in [0.29, 0.717) is 0 Å². The lowest BCUT2D eigenvalue weighted by atomic mass is 9.81. The van der Waals surface area contributed by atoms with E-state index in [-0.39, 0.29) is 10.8 Å². The second kappa shape index (κ2) is 45.4. The van der Waals surface area contributed by atoms with Gasteiger partial charge in [-0.05, 0) is 271 Å². The number of hydrogen-bond donors (Lipinski definition) is 0. The molecule has 0 unspecified atom stereocenters. The molecule has 21 aromatic carbocycles. The maximum absolute atomic E-state index is 2.41. The number of fused-ring (bicyclic) bond motifs is 7. The quantitative estimate of drug-likeness (QED) is 0.0500. The standard InChI is InChI=1S/C51H41N.C49H39N.C46H35N/c1-51(2)49-36-43(23-22-40-16-10-5-11-17-40)28-34-47(49)48-35-33-46(37-50(48)51)52(44-29-24-41(25-30-44)20-18-38-12-6-3-7-13-38)45-31-26-42(27-32-45)21-19-39-14-8-4-9-15-39;1-49(2)47-34-39(21-20-37-14-8-4-9-15-37)24-32-45(47)46-33-31-44(35-48(46)49)50(43-29-25-41(26-30-43)40-16-10-5-11-17-40)42-27-22-38(23-28-42)19-18-36-12-6-3-7-13-36;1-4-10-36(11-5-1)16-18-39-23-29-44(30-24-39)47(45-31-25-40(26-32-45)19-17-37-12-6-2-7-13-37)46-33-28-42-34-41(22-27-43(42)35-46)21-20-38-14-8-3-9-15-38/h3-37H,1-2H3;3-35H,1-2H3;1-35H/b20-18+,21-19+,23-22+;19-18+,21-20+;18-16+,19-17+,21-20+. The molecule has 0 radical (unpaired) electrons. The highest BCUT2D eigenvalue weighted by atomic mass is 15.2. The predicted octanol–water partition coefficient (Wildman–Crippen LogP) is 40.3. The average molecular weight is 1910 g/mol. The van der Waals surface area contributed by atoms with Gasteiger partial charge < -0.3 is 14.7 Å². The Morgan fingerprint density at radius 2 is 0.289 bits per heavy atom. The summed E-state index contributed by atoms with van der Waals surface area (Å²) in [5.74, 6) is 0. The van der Waals surface area contributed by atoms with E-state index in [1.54, 1.807) is 0 Å². The van der Waals surface area contributed by atoms with Crippen LogP contribution in [0.15, 0.2) is 528 Å². The van der Waals surface area contributed by atoms with Gasteiger partial charge in [-0.3, -0.25) is 0 Å². The molecular formula is C146H115N3. The van der Waals surface area contributed by atoms with E-state index in [0.717, 1.165) is 73.4 Å². The molecule has 0 saturated carbocycles. The molecule has 0 aromatic heterocycles. The van der Waals surface area contributed by atoms with Gasteiger partial charge >= 0.3 is 0 Å². The van der Waals surface area contributed by atoms with E-state index < -0.39 is 0 Å². The lowest BCUT2D eigenvalue weighted by molar-refractivity contribution is 0.660. The zero-order chi connectivity index (χ0) is 101. The van der Waals surface area contributed by atoms with Gasteiger partial charge in [-0.15, -0.1) is 0 Å². The van der Waals surface area contributed by atoms with Crippen LogP contribution in [-0.2, 0) is 10.8 Å². The zero-order valence-electron chi connectivity index (χ0n) is 84.3. The summed E-state index contributed by atoms with van der Waals surface area (Å²) in [6.45, 7) is 9.44. The zero-order valence-corrected chi connectivity index (χ0v) is 84.3. The molecule has 2 aliphatic rings. The molecule has 714 valence electrons. The molecule has 2 aliphatic carbocycles. The third-order valence-electron chi connectivity index (χ3n) is 28.1. The fourth-order valence-corrected chi connectivity index (χ4v) is 20.0. The highest BCUT2D eigenvalue weighted by molar-refractivity contribution is 5.95. The van der Waals surface area contributed by atoms with Crippen molar-refractivity contribution in [2.45, 2.75) is 38.5 Å². The summed E-state index contributed by atoms with van der Waals surface area (Å²) in [6, 6.07) is 188.